The quantitative estimate of drug-likeness (QED) is 0.474. The lowest BCUT2D eigenvalue weighted by Gasteiger charge is -2.23. The summed E-state index contributed by atoms with van der Waals surface area (Å²) < 4.78 is 0. The van der Waals surface area contributed by atoms with Crippen LogP contribution >= 0.6 is 0 Å². The molecular formula is C17H18N2O2. The van der Waals surface area contributed by atoms with Crippen LogP contribution in [0.2, 0.25) is 0 Å². The highest BCUT2D eigenvalue weighted by atomic mass is 16.6. The molecule has 0 aliphatic heterocycles. The van der Waals surface area contributed by atoms with Crippen molar-refractivity contribution in [2.24, 2.45) is 4.99 Å². The van der Waals surface area contributed by atoms with Crippen molar-refractivity contribution in [2.75, 3.05) is 0 Å². The Bertz CT molecular complexity index is 622. The fourth-order valence-electron chi connectivity index (χ4n) is 2.11. The van der Waals surface area contributed by atoms with E-state index < -0.39 is 11.6 Å². The van der Waals surface area contributed by atoms with Gasteiger partial charge in [0, 0.05) is 25.0 Å². The molecule has 2 rings (SSSR count). The molecule has 4 heteroatoms. The van der Waals surface area contributed by atoms with Crippen molar-refractivity contribution in [2.45, 2.75) is 25.4 Å². The van der Waals surface area contributed by atoms with Crippen LogP contribution in [0.3, 0.4) is 0 Å². The Morgan fingerprint density at radius 3 is 2.10 bits per heavy atom. The monoisotopic (exact) mass is 282 g/mol. The maximum atomic E-state index is 11.4. The summed E-state index contributed by atoms with van der Waals surface area (Å²) in [5.41, 5.74) is 0.594. The number of rotatable bonds is 5. The van der Waals surface area contributed by atoms with Crippen LogP contribution in [0.1, 0.15) is 31.0 Å². The van der Waals surface area contributed by atoms with E-state index in [1.807, 2.05) is 60.7 Å². The lowest BCUT2D eigenvalue weighted by Crippen LogP contribution is -2.37. The first kappa shape index (κ1) is 14.9. The maximum absolute atomic E-state index is 11.4. The highest BCUT2D eigenvalue weighted by molar-refractivity contribution is 5.79. The molecule has 0 aliphatic rings. The summed E-state index contributed by atoms with van der Waals surface area (Å²) in [5, 5.41) is 11.4. The van der Waals surface area contributed by atoms with Gasteiger partial charge in [-0.3, -0.25) is 15.1 Å². The van der Waals surface area contributed by atoms with E-state index in [9.17, 15) is 10.1 Å². The fourth-order valence-corrected chi connectivity index (χ4v) is 2.11. The van der Waals surface area contributed by atoms with Gasteiger partial charge in [0.1, 0.15) is 6.04 Å². The Morgan fingerprint density at radius 1 is 1.05 bits per heavy atom. The molecule has 0 bridgehead atoms. The SMILES string of the molecule is CC(C)([C@H](N=Cc1ccccc1)c1ccccc1)[N+](=O)[O-]. The van der Waals surface area contributed by atoms with Crippen LogP contribution in [0.25, 0.3) is 0 Å². The molecule has 2 aromatic carbocycles. The Hall–Kier alpha value is -2.49. The van der Waals surface area contributed by atoms with E-state index in [1.165, 1.54) is 0 Å². The largest absolute Gasteiger partial charge is 0.277 e. The van der Waals surface area contributed by atoms with Crippen molar-refractivity contribution in [3.8, 4) is 0 Å². The van der Waals surface area contributed by atoms with E-state index in [0.717, 1.165) is 11.1 Å². The van der Waals surface area contributed by atoms with E-state index in [4.69, 9.17) is 0 Å². The number of hydrogen-bond acceptors (Lipinski definition) is 3. The van der Waals surface area contributed by atoms with Crippen molar-refractivity contribution >= 4 is 6.21 Å². The van der Waals surface area contributed by atoms with E-state index in [1.54, 1.807) is 20.1 Å². The summed E-state index contributed by atoms with van der Waals surface area (Å²) in [5.74, 6) is 0. The number of benzene rings is 2. The average Bonchev–Trinajstić information content (AvgIpc) is 2.49. The van der Waals surface area contributed by atoms with E-state index in [-0.39, 0.29) is 4.92 Å². The molecule has 0 saturated heterocycles. The van der Waals surface area contributed by atoms with Gasteiger partial charge in [-0.05, 0) is 11.1 Å². The molecule has 2 aromatic rings. The number of nitro groups is 1. The summed E-state index contributed by atoms with van der Waals surface area (Å²) in [7, 11) is 0. The summed E-state index contributed by atoms with van der Waals surface area (Å²) in [4.78, 5) is 15.6. The zero-order valence-corrected chi connectivity index (χ0v) is 12.1. The Kier molecular flexibility index (Phi) is 4.48. The highest BCUT2D eigenvalue weighted by Gasteiger charge is 2.41. The molecule has 4 nitrogen and oxygen atoms in total. The summed E-state index contributed by atoms with van der Waals surface area (Å²) >= 11 is 0. The van der Waals surface area contributed by atoms with E-state index >= 15 is 0 Å². The molecule has 0 saturated carbocycles. The van der Waals surface area contributed by atoms with Crippen LogP contribution in [0.15, 0.2) is 65.7 Å². The second-order valence-electron chi connectivity index (χ2n) is 5.41. The molecule has 0 heterocycles. The van der Waals surface area contributed by atoms with Gasteiger partial charge in [0.25, 0.3) is 0 Å². The maximum Gasteiger partial charge on any atom is 0.242 e. The molecular weight excluding hydrogens is 264 g/mol. The lowest BCUT2D eigenvalue weighted by molar-refractivity contribution is -0.565. The Balaban J connectivity index is 2.38. The predicted molar refractivity (Wildman–Crippen MR) is 84.3 cm³/mol. The lowest BCUT2D eigenvalue weighted by atomic mass is 9.89. The van der Waals surface area contributed by atoms with Gasteiger partial charge in [-0.2, -0.15) is 0 Å². The molecule has 0 radical (unpaired) electrons. The molecule has 1 atom stereocenters. The first-order valence-corrected chi connectivity index (χ1v) is 6.79. The Labute approximate surface area is 124 Å². The standard InChI is InChI=1S/C17H18N2O2/c1-17(2,19(20)21)16(15-11-7-4-8-12-15)18-13-14-9-5-3-6-10-14/h3-13,16H,1-2H3/t16-/m1/s1. The zero-order valence-electron chi connectivity index (χ0n) is 12.1. The third kappa shape index (κ3) is 3.54. The fraction of sp³-hybridized carbons (Fsp3) is 0.235. The van der Waals surface area contributed by atoms with E-state index in [0.29, 0.717) is 0 Å². The van der Waals surface area contributed by atoms with Crippen LogP contribution in [0.4, 0.5) is 0 Å². The number of hydrogen-bond donors (Lipinski definition) is 0. The summed E-state index contributed by atoms with van der Waals surface area (Å²) in [6.07, 6.45) is 1.70. The molecule has 0 aliphatic carbocycles. The van der Waals surface area contributed by atoms with Crippen molar-refractivity contribution in [3.63, 3.8) is 0 Å². The Morgan fingerprint density at radius 2 is 1.57 bits per heavy atom. The van der Waals surface area contributed by atoms with Gasteiger partial charge in [-0.25, -0.2) is 0 Å². The van der Waals surface area contributed by atoms with Gasteiger partial charge in [0.15, 0.2) is 0 Å². The molecule has 0 unspecified atom stereocenters. The molecule has 0 spiro atoms. The zero-order chi connectivity index (χ0) is 15.3. The summed E-state index contributed by atoms with van der Waals surface area (Å²) in [6.45, 7) is 3.21. The van der Waals surface area contributed by atoms with E-state index in [2.05, 4.69) is 4.99 Å². The first-order valence-electron chi connectivity index (χ1n) is 6.79. The second-order valence-corrected chi connectivity index (χ2v) is 5.41. The van der Waals surface area contributed by atoms with Gasteiger partial charge in [0.05, 0.1) is 0 Å². The minimum atomic E-state index is -1.17. The number of nitrogens with zero attached hydrogens (tertiary/aromatic N) is 2. The minimum Gasteiger partial charge on any atom is -0.277 e. The van der Waals surface area contributed by atoms with Crippen molar-refractivity contribution in [1.29, 1.82) is 0 Å². The topological polar surface area (TPSA) is 55.5 Å². The summed E-state index contributed by atoms with van der Waals surface area (Å²) in [6, 6.07) is 18.4. The average molecular weight is 282 g/mol. The van der Waals surface area contributed by atoms with Gasteiger partial charge in [-0.1, -0.05) is 60.7 Å². The van der Waals surface area contributed by atoms with Gasteiger partial charge < -0.3 is 0 Å². The second kappa shape index (κ2) is 6.31. The predicted octanol–water partition coefficient (Wildman–Crippen LogP) is 3.90. The third-order valence-electron chi connectivity index (χ3n) is 3.43. The van der Waals surface area contributed by atoms with Gasteiger partial charge >= 0.3 is 0 Å². The van der Waals surface area contributed by atoms with Crippen LogP contribution in [-0.4, -0.2) is 16.7 Å². The molecule has 108 valence electrons. The number of aliphatic imine (C=N–C) groups is 1. The molecule has 0 fully saturated rings. The van der Waals surface area contributed by atoms with Crippen LogP contribution in [-0.2, 0) is 0 Å². The van der Waals surface area contributed by atoms with Gasteiger partial charge in [0.2, 0.25) is 5.54 Å². The van der Waals surface area contributed by atoms with Crippen molar-refractivity contribution < 1.29 is 4.92 Å². The molecule has 21 heavy (non-hydrogen) atoms. The van der Waals surface area contributed by atoms with Crippen LogP contribution in [0.5, 0.6) is 0 Å². The van der Waals surface area contributed by atoms with Gasteiger partial charge in [-0.15, -0.1) is 0 Å². The molecule has 0 N–H and O–H groups in total. The molecule has 0 aromatic heterocycles. The highest BCUT2D eigenvalue weighted by Crippen LogP contribution is 2.31. The van der Waals surface area contributed by atoms with Crippen molar-refractivity contribution in [1.82, 2.24) is 0 Å². The third-order valence-corrected chi connectivity index (χ3v) is 3.43. The smallest absolute Gasteiger partial charge is 0.242 e. The first-order chi connectivity index (χ1) is 10.0. The van der Waals surface area contributed by atoms with Crippen LogP contribution in [0, 0.1) is 10.1 Å². The van der Waals surface area contributed by atoms with Crippen LogP contribution < -0.4 is 0 Å². The minimum absolute atomic E-state index is 0.271. The van der Waals surface area contributed by atoms with Crippen molar-refractivity contribution in [3.05, 3.63) is 81.9 Å². The molecule has 0 amide bonds. The normalized spacial score (nSPS) is 13.2.